The zero-order valence-electron chi connectivity index (χ0n) is 9.03. The summed E-state index contributed by atoms with van der Waals surface area (Å²) < 4.78 is 4.05. The van der Waals surface area contributed by atoms with Crippen LogP contribution in [0.15, 0.2) is 6.07 Å². The molecule has 4 nitrogen and oxygen atoms in total. The molecule has 0 unspecified atom stereocenters. The average molecular weight is 214 g/mol. The van der Waals surface area contributed by atoms with Crippen molar-refractivity contribution in [1.82, 2.24) is 9.27 Å². The van der Waals surface area contributed by atoms with Gasteiger partial charge in [0.25, 0.3) is 0 Å². The first kappa shape index (κ1) is 11.3. The van der Waals surface area contributed by atoms with Crippen LogP contribution in [-0.4, -0.2) is 43.5 Å². The van der Waals surface area contributed by atoms with Gasteiger partial charge in [-0.3, -0.25) is 0 Å². The van der Waals surface area contributed by atoms with E-state index < -0.39 is 0 Å². The van der Waals surface area contributed by atoms with Gasteiger partial charge in [-0.05, 0) is 38.6 Å². The largest absolute Gasteiger partial charge is 0.383 e. The number of nitrogen functional groups attached to an aromatic ring is 1. The lowest BCUT2D eigenvalue weighted by molar-refractivity contribution is 0.402. The van der Waals surface area contributed by atoms with Crippen LogP contribution in [0, 0.1) is 0 Å². The Morgan fingerprint density at radius 2 is 2.07 bits per heavy atom. The van der Waals surface area contributed by atoms with Crippen LogP contribution in [0.2, 0.25) is 0 Å². The van der Waals surface area contributed by atoms with Gasteiger partial charge in [-0.15, -0.1) is 0 Å². The summed E-state index contributed by atoms with van der Waals surface area (Å²) in [7, 11) is 6.25. The van der Waals surface area contributed by atoms with Crippen LogP contribution in [0.25, 0.3) is 0 Å². The lowest BCUT2D eigenvalue weighted by atomic mass is 10.4. The number of rotatable bonds is 5. The van der Waals surface area contributed by atoms with Gasteiger partial charge in [0.05, 0.1) is 0 Å². The number of anilines is 2. The summed E-state index contributed by atoms with van der Waals surface area (Å²) in [6.45, 7) is 2.15. The lowest BCUT2D eigenvalue weighted by Crippen LogP contribution is -2.22. The Hall–Kier alpha value is -0.810. The summed E-state index contributed by atoms with van der Waals surface area (Å²) >= 11 is 1.45. The van der Waals surface area contributed by atoms with Gasteiger partial charge in [-0.25, -0.2) is 0 Å². The molecule has 1 rings (SSSR count). The Morgan fingerprint density at radius 1 is 1.36 bits per heavy atom. The van der Waals surface area contributed by atoms with Crippen molar-refractivity contribution in [2.75, 3.05) is 44.9 Å². The van der Waals surface area contributed by atoms with Crippen molar-refractivity contribution in [2.24, 2.45) is 0 Å². The molecule has 5 heteroatoms. The molecule has 0 saturated carbocycles. The van der Waals surface area contributed by atoms with Gasteiger partial charge in [0.1, 0.15) is 10.8 Å². The van der Waals surface area contributed by atoms with E-state index >= 15 is 0 Å². The van der Waals surface area contributed by atoms with Crippen LogP contribution in [0.3, 0.4) is 0 Å². The van der Waals surface area contributed by atoms with E-state index in [1.54, 1.807) is 0 Å². The van der Waals surface area contributed by atoms with Gasteiger partial charge < -0.3 is 15.5 Å². The van der Waals surface area contributed by atoms with E-state index in [1.165, 1.54) is 11.5 Å². The van der Waals surface area contributed by atoms with Crippen molar-refractivity contribution in [3.05, 3.63) is 6.07 Å². The molecule has 0 aliphatic heterocycles. The third-order valence-corrected chi connectivity index (χ3v) is 2.91. The molecule has 2 N–H and O–H groups in total. The fourth-order valence-corrected chi connectivity index (χ4v) is 1.85. The molecule has 0 aliphatic rings. The van der Waals surface area contributed by atoms with E-state index in [-0.39, 0.29) is 0 Å². The van der Waals surface area contributed by atoms with E-state index in [4.69, 9.17) is 5.73 Å². The van der Waals surface area contributed by atoms with E-state index in [1.807, 2.05) is 6.07 Å². The predicted molar refractivity (Wildman–Crippen MR) is 63.0 cm³/mol. The van der Waals surface area contributed by atoms with Gasteiger partial charge in [-0.2, -0.15) is 4.37 Å². The van der Waals surface area contributed by atoms with Crippen LogP contribution in [0.5, 0.6) is 0 Å². The molecule has 1 aromatic heterocycles. The molecule has 14 heavy (non-hydrogen) atoms. The first-order valence-corrected chi connectivity index (χ1v) is 5.45. The fourth-order valence-electron chi connectivity index (χ4n) is 1.19. The van der Waals surface area contributed by atoms with Gasteiger partial charge >= 0.3 is 0 Å². The summed E-state index contributed by atoms with van der Waals surface area (Å²) in [5, 5.41) is 1.14. The molecule has 0 aromatic carbocycles. The normalized spacial score (nSPS) is 10.9. The Balaban J connectivity index is 2.32. The quantitative estimate of drug-likeness (QED) is 0.797. The third kappa shape index (κ3) is 3.51. The highest BCUT2D eigenvalue weighted by molar-refractivity contribution is 7.10. The van der Waals surface area contributed by atoms with Gasteiger partial charge in [0.15, 0.2) is 0 Å². The van der Waals surface area contributed by atoms with Crippen molar-refractivity contribution >= 4 is 22.4 Å². The zero-order valence-corrected chi connectivity index (χ0v) is 9.84. The molecule has 0 radical (unpaired) electrons. The van der Waals surface area contributed by atoms with Crippen molar-refractivity contribution < 1.29 is 0 Å². The van der Waals surface area contributed by atoms with E-state index in [9.17, 15) is 0 Å². The van der Waals surface area contributed by atoms with Crippen LogP contribution >= 0.6 is 11.5 Å². The number of hydrogen-bond acceptors (Lipinski definition) is 5. The second-order valence-electron chi connectivity index (χ2n) is 3.67. The minimum absolute atomic E-state index is 0.615. The van der Waals surface area contributed by atoms with Crippen molar-refractivity contribution in [3.63, 3.8) is 0 Å². The summed E-state index contributed by atoms with van der Waals surface area (Å²) in [6.07, 6.45) is 1.15. The molecule has 0 atom stereocenters. The highest BCUT2D eigenvalue weighted by Gasteiger charge is 2.04. The monoisotopic (exact) mass is 214 g/mol. The average Bonchev–Trinajstić information content (AvgIpc) is 2.51. The van der Waals surface area contributed by atoms with Crippen molar-refractivity contribution in [3.8, 4) is 0 Å². The van der Waals surface area contributed by atoms with E-state index in [0.29, 0.717) is 5.82 Å². The van der Waals surface area contributed by atoms with Crippen molar-refractivity contribution in [1.29, 1.82) is 0 Å². The Labute approximate surface area is 89.5 Å². The van der Waals surface area contributed by atoms with Crippen LogP contribution in [0.1, 0.15) is 6.42 Å². The van der Waals surface area contributed by atoms with Crippen LogP contribution in [-0.2, 0) is 0 Å². The highest BCUT2D eigenvalue weighted by atomic mass is 32.1. The fraction of sp³-hybridized carbons (Fsp3) is 0.667. The molecule has 0 spiro atoms. The zero-order chi connectivity index (χ0) is 10.6. The molecular weight excluding hydrogens is 196 g/mol. The summed E-state index contributed by atoms with van der Waals surface area (Å²) in [4.78, 5) is 4.38. The standard InChI is InChI=1S/C9H18N4S/c1-12(2)5-4-6-13(3)9-7-8(10)11-14-9/h7H,4-6H2,1-3H3,(H2,10,11). The SMILES string of the molecule is CN(C)CCCN(C)c1cc(N)ns1. The summed E-state index contributed by atoms with van der Waals surface area (Å²) in [6, 6.07) is 1.92. The maximum Gasteiger partial charge on any atom is 0.139 e. The number of aromatic nitrogens is 1. The molecule has 0 saturated heterocycles. The molecule has 1 aromatic rings. The van der Waals surface area contributed by atoms with E-state index in [0.717, 1.165) is 24.5 Å². The number of nitrogens with two attached hydrogens (primary N) is 1. The minimum atomic E-state index is 0.615. The molecule has 80 valence electrons. The third-order valence-electron chi connectivity index (χ3n) is 1.99. The minimum Gasteiger partial charge on any atom is -0.383 e. The molecule has 0 amide bonds. The molecule has 0 bridgehead atoms. The second-order valence-corrected chi connectivity index (χ2v) is 4.45. The Kier molecular flexibility index (Phi) is 4.16. The summed E-state index contributed by atoms with van der Waals surface area (Å²) in [5.74, 6) is 0.615. The molecule has 0 aliphatic carbocycles. The first-order chi connectivity index (χ1) is 6.59. The number of hydrogen-bond donors (Lipinski definition) is 1. The highest BCUT2D eigenvalue weighted by Crippen LogP contribution is 2.21. The topological polar surface area (TPSA) is 45.4 Å². The molecule has 1 heterocycles. The maximum absolute atomic E-state index is 5.56. The Bertz CT molecular complexity index is 272. The van der Waals surface area contributed by atoms with Gasteiger partial charge in [0, 0.05) is 19.7 Å². The number of nitrogens with zero attached hydrogens (tertiary/aromatic N) is 3. The van der Waals surface area contributed by atoms with Crippen molar-refractivity contribution in [2.45, 2.75) is 6.42 Å². The predicted octanol–water partition coefficient (Wildman–Crippen LogP) is 1.11. The summed E-state index contributed by atoms with van der Waals surface area (Å²) in [5.41, 5.74) is 5.56. The van der Waals surface area contributed by atoms with Gasteiger partial charge in [-0.1, -0.05) is 0 Å². The van der Waals surface area contributed by atoms with Crippen LogP contribution < -0.4 is 10.6 Å². The molecular formula is C9H18N4S. The van der Waals surface area contributed by atoms with E-state index in [2.05, 4.69) is 35.3 Å². The Morgan fingerprint density at radius 3 is 2.57 bits per heavy atom. The smallest absolute Gasteiger partial charge is 0.139 e. The first-order valence-electron chi connectivity index (χ1n) is 4.67. The van der Waals surface area contributed by atoms with Crippen LogP contribution in [0.4, 0.5) is 10.8 Å². The lowest BCUT2D eigenvalue weighted by Gasteiger charge is -2.17. The van der Waals surface area contributed by atoms with Gasteiger partial charge in [0.2, 0.25) is 0 Å². The second kappa shape index (κ2) is 5.17. The molecule has 0 fully saturated rings. The maximum atomic E-state index is 5.56.